The van der Waals surface area contributed by atoms with Crippen molar-refractivity contribution in [2.75, 3.05) is 0 Å². The van der Waals surface area contributed by atoms with E-state index >= 15 is 0 Å². The molecule has 0 saturated heterocycles. The van der Waals surface area contributed by atoms with E-state index in [0.29, 0.717) is 11.7 Å². The zero-order valence-corrected chi connectivity index (χ0v) is 12.4. The minimum Gasteiger partial charge on any atom is -1.00 e. The number of phenolic OH excluding ortho intramolecular Hbond substituents is 1. The van der Waals surface area contributed by atoms with Crippen molar-refractivity contribution in [3.63, 3.8) is 0 Å². The zero-order chi connectivity index (χ0) is 8.43. The molecule has 0 heterocycles. The molecule has 0 bridgehead atoms. The molecule has 0 aliphatic rings. The summed E-state index contributed by atoms with van der Waals surface area (Å²) in [6.07, 6.45) is 0. The first-order valence-corrected chi connectivity index (χ1v) is 3.91. The standard InChI is InChI=1S/C10H14O.Ba.2H/c1-7(2)9-5-4-8(3)6-10(9)11;;;/h4-7,11H,1-3H3;;;/q;+2;2*-1. The van der Waals surface area contributed by atoms with Crippen molar-refractivity contribution in [1.82, 2.24) is 0 Å². The topological polar surface area (TPSA) is 20.2 Å². The number of rotatable bonds is 1. The smallest absolute Gasteiger partial charge is 1.00 e. The van der Waals surface area contributed by atoms with Crippen LogP contribution in [0.5, 0.6) is 5.75 Å². The van der Waals surface area contributed by atoms with Crippen LogP contribution in [0.1, 0.15) is 33.7 Å². The molecule has 0 atom stereocenters. The molecule has 0 fully saturated rings. The van der Waals surface area contributed by atoms with Gasteiger partial charge in [-0.1, -0.05) is 26.0 Å². The van der Waals surface area contributed by atoms with Gasteiger partial charge in [0.2, 0.25) is 0 Å². The Morgan fingerprint density at radius 2 is 1.92 bits per heavy atom. The summed E-state index contributed by atoms with van der Waals surface area (Å²) >= 11 is 0. The molecular formula is C10H16BaO. The van der Waals surface area contributed by atoms with Crippen LogP contribution >= 0.6 is 0 Å². The first-order valence-electron chi connectivity index (χ1n) is 3.91. The van der Waals surface area contributed by atoms with Crippen LogP contribution in [0.25, 0.3) is 0 Å². The van der Waals surface area contributed by atoms with Gasteiger partial charge in [-0.3, -0.25) is 0 Å². The first kappa shape index (κ1) is 12.6. The maximum Gasteiger partial charge on any atom is 2.00 e. The fourth-order valence-electron chi connectivity index (χ4n) is 1.14. The second kappa shape index (κ2) is 5.35. The second-order valence-electron chi connectivity index (χ2n) is 3.22. The van der Waals surface area contributed by atoms with Crippen LogP contribution in [-0.2, 0) is 0 Å². The fourth-order valence-corrected chi connectivity index (χ4v) is 1.14. The number of aromatic hydroxyl groups is 1. The summed E-state index contributed by atoms with van der Waals surface area (Å²) in [5.41, 5.74) is 2.13. The van der Waals surface area contributed by atoms with Gasteiger partial charge >= 0.3 is 48.9 Å². The molecule has 64 valence electrons. The van der Waals surface area contributed by atoms with E-state index in [1.807, 2.05) is 19.1 Å². The third-order valence-corrected chi connectivity index (χ3v) is 1.81. The summed E-state index contributed by atoms with van der Waals surface area (Å²) < 4.78 is 0. The van der Waals surface area contributed by atoms with Gasteiger partial charge in [0.15, 0.2) is 0 Å². The van der Waals surface area contributed by atoms with Gasteiger partial charge in [0.05, 0.1) is 0 Å². The number of aryl methyl sites for hydroxylation is 1. The molecule has 0 aliphatic carbocycles. The van der Waals surface area contributed by atoms with Gasteiger partial charge in [-0.2, -0.15) is 0 Å². The normalized spacial score (nSPS) is 9.67. The Balaban J connectivity index is -0.000000403. The largest absolute Gasteiger partial charge is 2.00 e. The van der Waals surface area contributed by atoms with Crippen molar-refractivity contribution in [1.29, 1.82) is 0 Å². The van der Waals surface area contributed by atoms with Crippen LogP contribution in [0.4, 0.5) is 0 Å². The number of hydrogen-bond donors (Lipinski definition) is 1. The first-order chi connectivity index (χ1) is 5.11. The zero-order valence-electron chi connectivity index (χ0n) is 9.96. The van der Waals surface area contributed by atoms with E-state index in [2.05, 4.69) is 13.8 Å². The predicted octanol–water partition coefficient (Wildman–Crippen LogP) is 2.67. The quantitative estimate of drug-likeness (QED) is 0.788. The van der Waals surface area contributed by atoms with E-state index in [4.69, 9.17) is 0 Å². The molecule has 0 amide bonds. The number of benzene rings is 1. The predicted molar refractivity (Wildman–Crippen MR) is 54.9 cm³/mol. The van der Waals surface area contributed by atoms with E-state index in [1.165, 1.54) is 0 Å². The van der Waals surface area contributed by atoms with Gasteiger partial charge in [-0.25, -0.2) is 0 Å². The van der Waals surface area contributed by atoms with Gasteiger partial charge in [-0.15, -0.1) is 0 Å². The Morgan fingerprint density at radius 3 is 2.33 bits per heavy atom. The molecule has 12 heavy (non-hydrogen) atoms. The molecule has 1 aromatic rings. The van der Waals surface area contributed by atoms with Crippen LogP contribution in [-0.4, -0.2) is 54.0 Å². The summed E-state index contributed by atoms with van der Waals surface area (Å²) in [6, 6.07) is 5.81. The average molecular weight is 290 g/mol. The molecule has 0 unspecified atom stereocenters. The van der Waals surface area contributed by atoms with Crippen molar-refractivity contribution in [3.8, 4) is 5.75 Å². The summed E-state index contributed by atoms with van der Waals surface area (Å²) in [4.78, 5) is 0. The molecule has 2 heteroatoms. The maximum atomic E-state index is 9.46. The van der Waals surface area contributed by atoms with Gasteiger partial charge < -0.3 is 7.96 Å². The van der Waals surface area contributed by atoms with Gasteiger partial charge in [0, 0.05) is 0 Å². The third kappa shape index (κ3) is 3.15. The molecule has 1 N–H and O–H groups in total. The van der Waals surface area contributed by atoms with Crippen LogP contribution in [0.2, 0.25) is 0 Å². The Morgan fingerprint density at radius 1 is 1.33 bits per heavy atom. The molecule has 0 aromatic heterocycles. The van der Waals surface area contributed by atoms with Crippen LogP contribution in [0.3, 0.4) is 0 Å². The van der Waals surface area contributed by atoms with E-state index in [0.717, 1.165) is 11.1 Å². The molecule has 0 saturated carbocycles. The third-order valence-electron chi connectivity index (χ3n) is 1.81. The van der Waals surface area contributed by atoms with Gasteiger partial charge in [0.25, 0.3) is 0 Å². The van der Waals surface area contributed by atoms with E-state index in [9.17, 15) is 5.11 Å². The summed E-state index contributed by atoms with van der Waals surface area (Å²) in [5, 5.41) is 9.46. The van der Waals surface area contributed by atoms with Crippen molar-refractivity contribution >= 4 is 48.9 Å². The van der Waals surface area contributed by atoms with Crippen LogP contribution in [0, 0.1) is 6.92 Å². The molecule has 0 spiro atoms. The summed E-state index contributed by atoms with van der Waals surface area (Å²) in [5.74, 6) is 0.815. The molecule has 0 aliphatic heterocycles. The van der Waals surface area contributed by atoms with Crippen molar-refractivity contribution in [2.24, 2.45) is 0 Å². The Kier molecular flexibility index (Phi) is 5.61. The monoisotopic (exact) mass is 290 g/mol. The minimum atomic E-state index is 0. The summed E-state index contributed by atoms with van der Waals surface area (Å²) in [7, 11) is 0. The van der Waals surface area contributed by atoms with Crippen molar-refractivity contribution in [3.05, 3.63) is 29.3 Å². The van der Waals surface area contributed by atoms with Crippen LogP contribution < -0.4 is 0 Å². The maximum absolute atomic E-state index is 9.46. The Labute approximate surface area is 117 Å². The molecular weight excluding hydrogens is 273 g/mol. The van der Waals surface area contributed by atoms with E-state index in [-0.39, 0.29) is 51.7 Å². The second-order valence-corrected chi connectivity index (χ2v) is 3.22. The van der Waals surface area contributed by atoms with Crippen LogP contribution in [0.15, 0.2) is 18.2 Å². The van der Waals surface area contributed by atoms with Crippen molar-refractivity contribution < 1.29 is 7.96 Å². The Bertz CT molecular complexity index is 264. The average Bonchev–Trinajstić information content (AvgIpc) is 1.85. The molecule has 1 nitrogen and oxygen atoms in total. The SMILES string of the molecule is Cc1ccc(C(C)C)c(O)c1.[Ba+2].[H-].[H-]. The molecule has 1 rings (SSSR count). The minimum absolute atomic E-state index is 0. The number of phenols is 1. The molecule has 1 aromatic carbocycles. The van der Waals surface area contributed by atoms with Crippen molar-refractivity contribution in [2.45, 2.75) is 26.7 Å². The van der Waals surface area contributed by atoms with E-state index in [1.54, 1.807) is 6.07 Å². The summed E-state index contributed by atoms with van der Waals surface area (Å²) in [6.45, 7) is 6.12. The van der Waals surface area contributed by atoms with E-state index < -0.39 is 0 Å². The van der Waals surface area contributed by atoms with Gasteiger partial charge in [0.1, 0.15) is 5.75 Å². The number of hydrogen-bond acceptors (Lipinski definition) is 1. The van der Waals surface area contributed by atoms with Gasteiger partial charge in [-0.05, 0) is 30.0 Å². The molecule has 0 radical (unpaired) electrons. The fraction of sp³-hybridized carbons (Fsp3) is 0.400. The Hall–Kier alpha value is 0.591.